The Kier molecular flexibility index (Phi) is 7.18. The number of aromatic nitrogens is 1. The van der Waals surface area contributed by atoms with Gasteiger partial charge in [-0.05, 0) is 42.0 Å². The van der Waals surface area contributed by atoms with Crippen molar-refractivity contribution in [2.24, 2.45) is 0 Å². The number of hydrogen-bond acceptors (Lipinski definition) is 5. The molecule has 2 heterocycles. The zero-order valence-electron chi connectivity index (χ0n) is 20.3. The molecule has 1 amide bonds. The van der Waals surface area contributed by atoms with Gasteiger partial charge in [-0.3, -0.25) is 14.7 Å². The second-order valence-electron chi connectivity index (χ2n) is 9.24. The summed E-state index contributed by atoms with van der Waals surface area (Å²) in [6, 6.07) is 15.5. The summed E-state index contributed by atoms with van der Waals surface area (Å²) in [5.41, 5.74) is 0.913. The van der Waals surface area contributed by atoms with Crippen molar-refractivity contribution in [1.29, 1.82) is 0 Å². The number of para-hydroxylation sites is 1. The Balaban J connectivity index is 1.25. The molecular weight excluding hydrogens is 515 g/mol. The van der Waals surface area contributed by atoms with Crippen LogP contribution in [0.1, 0.15) is 21.5 Å². The largest absolute Gasteiger partial charge is 0.336 e. The van der Waals surface area contributed by atoms with E-state index in [1.807, 2.05) is 4.90 Å². The summed E-state index contributed by atoms with van der Waals surface area (Å²) in [4.78, 5) is 20.7. The lowest BCUT2D eigenvalue weighted by atomic mass is 10.1. The predicted molar refractivity (Wildman–Crippen MR) is 137 cm³/mol. The van der Waals surface area contributed by atoms with E-state index in [1.54, 1.807) is 29.2 Å². The van der Waals surface area contributed by atoms with E-state index in [-0.39, 0.29) is 21.9 Å². The highest BCUT2D eigenvalue weighted by molar-refractivity contribution is 7.90. The van der Waals surface area contributed by atoms with E-state index in [1.165, 1.54) is 36.5 Å². The van der Waals surface area contributed by atoms with Gasteiger partial charge in [0.1, 0.15) is 17.5 Å². The summed E-state index contributed by atoms with van der Waals surface area (Å²) in [6.07, 6.45) is 1.50. The van der Waals surface area contributed by atoms with Crippen LogP contribution in [-0.2, 0) is 22.1 Å². The minimum atomic E-state index is -3.90. The number of fused-ring (bicyclic) bond motifs is 1. The number of nitrogens with zero attached hydrogens (tertiary/aromatic N) is 3. The van der Waals surface area contributed by atoms with Crippen molar-refractivity contribution in [3.05, 3.63) is 107 Å². The van der Waals surface area contributed by atoms with Gasteiger partial charge in [-0.15, -0.1) is 0 Å². The molecule has 0 saturated carbocycles. The maximum Gasteiger partial charge on any atom is 0.254 e. The smallest absolute Gasteiger partial charge is 0.254 e. The zero-order chi connectivity index (χ0) is 26.9. The second-order valence-corrected chi connectivity index (χ2v) is 11.2. The number of carbonyl (C=O) groups excluding carboxylic acids is 1. The van der Waals surface area contributed by atoms with E-state index >= 15 is 0 Å². The van der Waals surface area contributed by atoms with Crippen molar-refractivity contribution in [2.75, 3.05) is 26.2 Å². The van der Waals surface area contributed by atoms with Crippen LogP contribution in [-0.4, -0.2) is 55.3 Å². The Morgan fingerprint density at radius 1 is 0.868 bits per heavy atom. The number of carbonyl (C=O) groups is 1. The van der Waals surface area contributed by atoms with Gasteiger partial charge in [0, 0.05) is 61.5 Å². The number of benzene rings is 3. The Bertz CT molecular complexity index is 1590. The van der Waals surface area contributed by atoms with Gasteiger partial charge in [0.2, 0.25) is 0 Å². The monoisotopic (exact) mass is 539 g/mol. The van der Waals surface area contributed by atoms with Gasteiger partial charge >= 0.3 is 0 Å². The highest BCUT2D eigenvalue weighted by Crippen LogP contribution is 2.25. The number of amides is 1. The number of piperazine rings is 1. The number of halogens is 3. The van der Waals surface area contributed by atoms with E-state index in [2.05, 4.69) is 4.98 Å². The summed E-state index contributed by atoms with van der Waals surface area (Å²) in [5.74, 6) is -2.99. The third-order valence-corrected chi connectivity index (χ3v) is 8.25. The van der Waals surface area contributed by atoms with Crippen LogP contribution in [0.15, 0.2) is 77.8 Å². The molecular formula is C28H24F3N3O3S. The summed E-state index contributed by atoms with van der Waals surface area (Å²) >= 11 is 0. The third-order valence-electron chi connectivity index (χ3n) is 6.56. The first-order chi connectivity index (χ1) is 18.2. The Hall–Kier alpha value is -3.76. The number of hydrogen-bond donors (Lipinski definition) is 0. The lowest BCUT2D eigenvalue weighted by Gasteiger charge is -2.34. The minimum Gasteiger partial charge on any atom is -0.336 e. The lowest BCUT2D eigenvalue weighted by molar-refractivity contribution is 0.0628. The molecule has 0 spiro atoms. The van der Waals surface area contributed by atoms with Crippen LogP contribution in [0.25, 0.3) is 10.9 Å². The fraction of sp³-hybridized carbons (Fsp3) is 0.214. The molecule has 5 rings (SSSR count). The van der Waals surface area contributed by atoms with E-state index in [0.29, 0.717) is 49.2 Å². The van der Waals surface area contributed by atoms with Gasteiger partial charge in [-0.25, -0.2) is 21.6 Å². The van der Waals surface area contributed by atoms with Crippen LogP contribution in [0.3, 0.4) is 0 Å². The van der Waals surface area contributed by atoms with E-state index in [4.69, 9.17) is 0 Å². The summed E-state index contributed by atoms with van der Waals surface area (Å²) in [7, 11) is -3.90. The highest BCUT2D eigenvalue weighted by Gasteiger charge is 2.25. The standard InChI is InChI=1S/C28H24F3N3O3S/c29-23-13-19(14-24(30)16-23)17-33-9-11-34(12-10-33)28(35)21-6-7-22(25(31)15-21)18-38(36,37)26-5-1-3-20-4-2-8-32-27(20)26/h1-8,13-16H,9-12,17-18H2. The minimum absolute atomic E-state index is 0.0222. The van der Waals surface area contributed by atoms with Crippen LogP contribution in [0.5, 0.6) is 0 Å². The van der Waals surface area contributed by atoms with E-state index in [0.717, 1.165) is 12.1 Å². The Labute approximate surface area is 218 Å². The predicted octanol–water partition coefficient (Wildman–Crippen LogP) is 4.58. The lowest BCUT2D eigenvalue weighted by Crippen LogP contribution is -2.48. The molecule has 1 saturated heterocycles. The average Bonchev–Trinajstić information content (AvgIpc) is 2.89. The summed E-state index contributed by atoms with van der Waals surface area (Å²) in [5, 5.41) is 0.665. The molecule has 4 aromatic rings. The number of rotatable bonds is 6. The molecule has 1 aromatic heterocycles. The van der Waals surface area contributed by atoms with Crippen molar-refractivity contribution >= 4 is 26.6 Å². The van der Waals surface area contributed by atoms with Crippen LogP contribution >= 0.6 is 0 Å². The number of pyridine rings is 1. The molecule has 0 bridgehead atoms. The van der Waals surface area contributed by atoms with Gasteiger partial charge in [-0.1, -0.05) is 24.3 Å². The number of sulfone groups is 1. The average molecular weight is 540 g/mol. The van der Waals surface area contributed by atoms with E-state index < -0.39 is 33.0 Å². The first kappa shape index (κ1) is 25.9. The Morgan fingerprint density at radius 3 is 2.29 bits per heavy atom. The third kappa shape index (κ3) is 5.56. The topological polar surface area (TPSA) is 70.6 Å². The maximum absolute atomic E-state index is 15.0. The van der Waals surface area contributed by atoms with Gasteiger partial charge < -0.3 is 4.90 Å². The molecule has 0 atom stereocenters. The van der Waals surface area contributed by atoms with Gasteiger partial charge in [0.15, 0.2) is 9.84 Å². The summed E-state index contributed by atoms with van der Waals surface area (Å²) in [6.45, 7) is 2.05. The molecule has 10 heteroatoms. The molecule has 38 heavy (non-hydrogen) atoms. The van der Waals surface area contributed by atoms with Gasteiger partial charge in [0.25, 0.3) is 5.91 Å². The van der Waals surface area contributed by atoms with Crippen molar-refractivity contribution in [3.8, 4) is 0 Å². The molecule has 1 aliphatic rings. The van der Waals surface area contributed by atoms with Crippen molar-refractivity contribution in [2.45, 2.75) is 17.2 Å². The van der Waals surface area contributed by atoms with Gasteiger partial charge in [-0.2, -0.15) is 0 Å². The van der Waals surface area contributed by atoms with Crippen LogP contribution in [0, 0.1) is 17.5 Å². The molecule has 1 fully saturated rings. The first-order valence-electron chi connectivity index (χ1n) is 12.0. The molecule has 3 aromatic carbocycles. The normalized spacial score (nSPS) is 14.7. The Morgan fingerprint density at radius 2 is 1.58 bits per heavy atom. The zero-order valence-corrected chi connectivity index (χ0v) is 21.1. The van der Waals surface area contributed by atoms with Crippen molar-refractivity contribution in [3.63, 3.8) is 0 Å². The maximum atomic E-state index is 15.0. The van der Waals surface area contributed by atoms with Crippen LogP contribution in [0.4, 0.5) is 13.2 Å². The van der Waals surface area contributed by atoms with Crippen molar-refractivity contribution < 1.29 is 26.4 Å². The highest BCUT2D eigenvalue weighted by atomic mass is 32.2. The first-order valence-corrected chi connectivity index (χ1v) is 13.7. The molecule has 0 radical (unpaired) electrons. The van der Waals surface area contributed by atoms with E-state index in [9.17, 15) is 26.4 Å². The molecule has 0 N–H and O–H groups in total. The fourth-order valence-electron chi connectivity index (χ4n) is 4.66. The van der Waals surface area contributed by atoms with Crippen LogP contribution in [0.2, 0.25) is 0 Å². The molecule has 0 aliphatic carbocycles. The SMILES string of the molecule is O=C(c1ccc(CS(=O)(=O)c2cccc3cccnc23)c(F)c1)N1CCN(Cc2cc(F)cc(F)c2)CC1. The summed E-state index contributed by atoms with van der Waals surface area (Å²) < 4.78 is 68.1. The quantitative estimate of drug-likeness (QED) is 0.359. The molecule has 196 valence electrons. The van der Waals surface area contributed by atoms with Gasteiger partial charge in [0.05, 0.1) is 16.2 Å². The molecule has 0 unspecified atom stereocenters. The van der Waals surface area contributed by atoms with Crippen molar-refractivity contribution in [1.82, 2.24) is 14.8 Å². The second kappa shape index (κ2) is 10.5. The van der Waals surface area contributed by atoms with Crippen LogP contribution < -0.4 is 0 Å². The molecule has 1 aliphatic heterocycles. The fourth-order valence-corrected chi connectivity index (χ4v) is 6.21. The molecule has 6 nitrogen and oxygen atoms in total.